The number of benzene rings is 1. The molecule has 32 heavy (non-hydrogen) atoms. The maximum absolute atomic E-state index is 12.8. The third-order valence-corrected chi connectivity index (χ3v) is 7.35. The van der Waals surface area contributed by atoms with Crippen LogP contribution in [0, 0.1) is 27.7 Å². The molecule has 0 atom stereocenters. The second-order valence-electron chi connectivity index (χ2n) is 7.19. The zero-order chi connectivity index (χ0) is 23.7. The minimum atomic E-state index is -0.623. The summed E-state index contributed by atoms with van der Waals surface area (Å²) >= 11 is 2.52. The molecule has 4 amide bonds. The third kappa shape index (κ3) is 4.41. The number of hydrogen-bond donors (Lipinski definition) is 4. The number of carbonyl (C=O) groups excluding carboxylic acids is 4. The second kappa shape index (κ2) is 8.93. The highest BCUT2D eigenvalue weighted by molar-refractivity contribution is 7.17. The van der Waals surface area contributed by atoms with Crippen LogP contribution in [0.15, 0.2) is 24.3 Å². The largest absolute Gasteiger partial charge is 0.365 e. The Morgan fingerprint density at radius 3 is 1.44 bits per heavy atom. The van der Waals surface area contributed by atoms with Gasteiger partial charge in [0.2, 0.25) is 0 Å². The molecule has 0 fully saturated rings. The normalized spacial score (nSPS) is 10.6. The van der Waals surface area contributed by atoms with Crippen LogP contribution >= 0.6 is 22.7 Å². The number of nitrogens with one attached hydrogen (secondary N) is 2. The van der Waals surface area contributed by atoms with Crippen molar-refractivity contribution in [2.24, 2.45) is 11.5 Å². The van der Waals surface area contributed by atoms with Crippen molar-refractivity contribution >= 4 is 56.3 Å². The van der Waals surface area contributed by atoms with Gasteiger partial charge in [0.25, 0.3) is 23.6 Å². The Hall–Kier alpha value is -3.50. The number of hydrogen-bond acceptors (Lipinski definition) is 6. The summed E-state index contributed by atoms with van der Waals surface area (Å²) in [6.45, 7) is 7.20. The zero-order valence-electron chi connectivity index (χ0n) is 17.9. The Bertz CT molecular complexity index is 1180. The van der Waals surface area contributed by atoms with E-state index in [0.717, 1.165) is 20.9 Å². The van der Waals surface area contributed by atoms with Crippen LogP contribution in [0.3, 0.4) is 0 Å². The molecular weight excluding hydrogens is 448 g/mol. The number of rotatable bonds is 6. The molecule has 3 rings (SSSR count). The third-order valence-electron chi connectivity index (χ3n) is 5.10. The van der Waals surface area contributed by atoms with E-state index in [1.807, 2.05) is 13.8 Å². The lowest BCUT2D eigenvalue weighted by atomic mass is 10.1. The summed E-state index contributed by atoms with van der Waals surface area (Å²) in [7, 11) is 0. The van der Waals surface area contributed by atoms with Gasteiger partial charge in [-0.3, -0.25) is 19.2 Å². The molecule has 0 aliphatic rings. The van der Waals surface area contributed by atoms with Crippen LogP contribution in [0.25, 0.3) is 0 Å². The van der Waals surface area contributed by atoms with Crippen molar-refractivity contribution in [1.29, 1.82) is 0 Å². The molecule has 0 aliphatic heterocycles. The molecule has 0 bridgehead atoms. The van der Waals surface area contributed by atoms with Crippen molar-refractivity contribution in [3.8, 4) is 0 Å². The van der Waals surface area contributed by atoms with Crippen LogP contribution in [-0.4, -0.2) is 23.6 Å². The van der Waals surface area contributed by atoms with Gasteiger partial charge in [0.05, 0.1) is 11.1 Å². The van der Waals surface area contributed by atoms with Crippen molar-refractivity contribution in [2.45, 2.75) is 27.7 Å². The number of nitrogens with two attached hydrogens (primary N) is 2. The Morgan fingerprint density at radius 1 is 0.719 bits per heavy atom. The predicted molar refractivity (Wildman–Crippen MR) is 127 cm³/mol. The fourth-order valence-electron chi connectivity index (χ4n) is 3.18. The average molecular weight is 471 g/mol. The van der Waals surface area contributed by atoms with Crippen molar-refractivity contribution in [2.75, 3.05) is 10.6 Å². The standard InChI is InChI=1S/C22H22N4O4S2/c1-9-11(3)31-21(15(9)17(23)27)25-19(29)13-6-5-7-14(8-13)20(30)26-22-16(18(24)28)10(2)12(4)32-22/h5-8H,1-4H3,(H2,23,27)(H2,24,28)(H,25,29)(H,26,30). The van der Waals surface area contributed by atoms with Gasteiger partial charge in [-0.2, -0.15) is 0 Å². The van der Waals surface area contributed by atoms with Crippen LogP contribution in [-0.2, 0) is 0 Å². The molecule has 8 nitrogen and oxygen atoms in total. The summed E-state index contributed by atoms with van der Waals surface area (Å²) < 4.78 is 0. The van der Waals surface area contributed by atoms with Crippen LogP contribution in [0.4, 0.5) is 10.0 Å². The molecule has 0 radical (unpaired) electrons. The van der Waals surface area contributed by atoms with E-state index in [2.05, 4.69) is 10.6 Å². The highest BCUT2D eigenvalue weighted by atomic mass is 32.1. The zero-order valence-corrected chi connectivity index (χ0v) is 19.5. The maximum atomic E-state index is 12.8. The maximum Gasteiger partial charge on any atom is 0.256 e. The minimum absolute atomic E-state index is 0.227. The Kier molecular flexibility index (Phi) is 6.47. The van der Waals surface area contributed by atoms with E-state index in [1.54, 1.807) is 32.0 Å². The lowest BCUT2D eigenvalue weighted by Gasteiger charge is -2.08. The fourth-order valence-corrected chi connectivity index (χ4v) is 5.30. The summed E-state index contributed by atoms with van der Waals surface area (Å²) in [5, 5.41) is 6.14. The first kappa shape index (κ1) is 23.2. The average Bonchev–Trinajstić information content (AvgIpc) is 3.16. The minimum Gasteiger partial charge on any atom is -0.365 e. The van der Waals surface area contributed by atoms with Gasteiger partial charge in [-0.1, -0.05) is 6.07 Å². The van der Waals surface area contributed by atoms with E-state index in [0.29, 0.717) is 10.0 Å². The summed E-state index contributed by atoms with van der Waals surface area (Å²) in [6, 6.07) is 6.11. The number of thiophene rings is 2. The first-order chi connectivity index (χ1) is 15.0. The molecule has 0 saturated carbocycles. The highest BCUT2D eigenvalue weighted by Crippen LogP contribution is 2.33. The van der Waals surface area contributed by atoms with Crippen molar-refractivity contribution < 1.29 is 19.2 Å². The number of aryl methyl sites for hydroxylation is 2. The van der Waals surface area contributed by atoms with Crippen molar-refractivity contribution in [1.82, 2.24) is 0 Å². The number of amides is 4. The fraction of sp³-hybridized carbons (Fsp3) is 0.182. The van der Waals surface area contributed by atoms with E-state index in [1.165, 1.54) is 28.7 Å². The Labute approximate surface area is 192 Å². The van der Waals surface area contributed by atoms with E-state index < -0.39 is 23.6 Å². The molecule has 2 heterocycles. The van der Waals surface area contributed by atoms with Crippen molar-refractivity contribution in [3.05, 3.63) is 67.4 Å². The van der Waals surface area contributed by atoms with E-state index >= 15 is 0 Å². The number of carbonyl (C=O) groups is 4. The quantitative estimate of drug-likeness (QED) is 0.435. The Balaban J connectivity index is 1.85. The molecule has 1 aromatic carbocycles. The Morgan fingerprint density at radius 2 is 1.09 bits per heavy atom. The molecule has 0 spiro atoms. The summed E-state index contributed by atoms with van der Waals surface area (Å²) in [5.74, 6) is -2.21. The van der Waals surface area contributed by atoms with Gasteiger partial charge in [-0.15, -0.1) is 22.7 Å². The van der Waals surface area contributed by atoms with Crippen LogP contribution < -0.4 is 22.1 Å². The molecule has 0 aliphatic carbocycles. The van der Waals surface area contributed by atoms with Gasteiger partial charge in [-0.05, 0) is 57.0 Å². The molecule has 2 aromatic heterocycles. The summed E-state index contributed by atoms with van der Waals surface area (Å²) in [6.07, 6.45) is 0. The van der Waals surface area contributed by atoms with Gasteiger partial charge < -0.3 is 22.1 Å². The smallest absolute Gasteiger partial charge is 0.256 e. The molecule has 0 saturated heterocycles. The van der Waals surface area contributed by atoms with Gasteiger partial charge in [0.15, 0.2) is 0 Å². The predicted octanol–water partition coefficient (Wildman–Crippen LogP) is 3.75. The highest BCUT2D eigenvalue weighted by Gasteiger charge is 2.22. The number of anilines is 2. The molecule has 3 aromatic rings. The number of primary amides is 2. The summed E-state index contributed by atoms with van der Waals surface area (Å²) in [5.41, 5.74) is 13.4. The topological polar surface area (TPSA) is 144 Å². The second-order valence-corrected chi connectivity index (χ2v) is 9.64. The lowest BCUT2D eigenvalue weighted by molar-refractivity contribution is 0.0990. The monoisotopic (exact) mass is 470 g/mol. The van der Waals surface area contributed by atoms with E-state index in [-0.39, 0.29) is 22.3 Å². The molecule has 6 N–H and O–H groups in total. The van der Waals surface area contributed by atoms with Crippen molar-refractivity contribution in [3.63, 3.8) is 0 Å². The van der Waals surface area contributed by atoms with E-state index in [9.17, 15) is 19.2 Å². The first-order valence-corrected chi connectivity index (χ1v) is 11.2. The van der Waals surface area contributed by atoms with E-state index in [4.69, 9.17) is 11.5 Å². The van der Waals surface area contributed by atoms with Crippen LogP contribution in [0.1, 0.15) is 62.3 Å². The molecule has 166 valence electrons. The first-order valence-electron chi connectivity index (χ1n) is 9.53. The van der Waals surface area contributed by atoms with Crippen LogP contribution in [0.5, 0.6) is 0 Å². The van der Waals surface area contributed by atoms with Gasteiger partial charge >= 0.3 is 0 Å². The van der Waals surface area contributed by atoms with Gasteiger partial charge in [0, 0.05) is 20.9 Å². The molecule has 10 heteroatoms. The SMILES string of the molecule is Cc1sc(NC(=O)c2cccc(C(=O)Nc3sc(C)c(C)c3C(N)=O)c2)c(C(N)=O)c1C. The lowest BCUT2D eigenvalue weighted by Crippen LogP contribution is -2.19. The van der Waals surface area contributed by atoms with Crippen LogP contribution in [0.2, 0.25) is 0 Å². The molecular formula is C22H22N4O4S2. The molecule has 0 unspecified atom stereocenters. The van der Waals surface area contributed by atoms with Gasteiger partial charge in [-0.25, -0.2) is 0 Å². The summed E-state index contributed by atoms with van der Waals surface area (Å²) in [4.78, 5) is 50.9. The van der Waals surface area contributed by atoms with Gasteiger partial charge in [0.1, 0.15) is 10.0 Å².